The number of anilines is 2. The van der Waals surface area contributed by atoms with Gasteiger partial charge in [0.15, 0.2) is 0 Å². The zero-order valence-electron chi connectivity index (χ0n) is 12.7. The number of nitrogens with zero attached hydrogens (tertiary/aromatic N) is 2. The number of aliphatic hydroxyl groups excluding tert-OH is 2. The van der Waals surface area contributed by atoms with Crippen LogP contribution in [0.2, 0.25) is 0 Å². The Morgan fingerprint density at radius 3 is 2.70 bits per heavy atom. The summed E-state index contributed by atoms with van der Waals surface area (Å²) in [6.45, 7) is -0.141. The molecule has 0 amide bonds. The molecule has 1 heterocycles. The second-order valence-corrected chi connectivity index (χ2v) is 5.05. The molecular formula is C17H17N3O3. The summed E-state index contributed by atoms with van der Waals surface area (Å²) < 4.78 is 5.31. The van der Waals surface area contributed by atoms with Gasteiger partial charge in [-0.1, -0.05) is 12.1 Å². The average Bonchev–Trinajstić information content (AvgIpc) is 2.61. The normalized spacial score (nSPS) is 10.7. The van der Waals surface area contributed by atoms with Gasteiger partial charge >= 0.3 is 0 Å². The molecule has 118 valence electrons. The maximum Gasteiger partial charge on any atom is 0.141 e. The summed E-state index contributed by atoms with van der Waals surface area (Å²) in [6.07, 6.45) is 1.47. The molecule has 3 aromatic rings. The van der Waals surface area contributed by atoms with Crippen molar-refractivity contribution in [1.82, 2.24) is 9.97 Å². The maximum absolute atomic E-state index is 9.41. The first-order chi connectivity index (χ1) is 11.2. The van der Waals surface area contributed by atoms with Crippen molar-refractivity contribution in [2.75, 3.05) is 12.4 Å². The van der Waals surface area contributed by atoms with Gasteiger partial charge in [0.05, 0.1) is 25.8 Å². The van der Waals surface area contributed by atoms with Crippen LogP contribution in [0.5, 0.6) is 5.75 Å². The van der Waals surface area contributed by atoms with Gasteiger partial charge in [0, 0.05) is 16.6 Å². The summed E-state index contributed by atoms with van der Waals surface area (Å²) in [5, 5.41) is 22.7. The van der Waals surface area contributed by atoms with Crippen LogP contribution in [0.25, 0.3) is 10.9 Å². The molecule has 0 aliphatic carbocycles. The number of fused-ring (bicyclic) bond motifs is 1. The van der Waals surface area contributed by atoms with Crippen LogP contribution in [0.3, 0.4) is 0 Å². The maximum atomic E-state index is 9.41. The molecule has 0 atom stereocenters. The van der Waals surface area contributed by atoms with Gasteiger partial charge in [0.2, 0.25) is 0 Å². The van der Waals surface area contributed by atoms with E-state index in [4.69, 9.17) is 4.74 Å². The van der Waals surface area contributed by atoms with Crippen molar-refractivity contribution >= 4 is 22.4 Å². The molecule has 6 heteroatoms. The largest absolute Gasteiger partial charge is 0.496 e. The summed E-state index contributed by atoms with van der Waals surface area (Å²) in [4.78, 5) is 8.53. The fraction of sp³-hybridized carbons (Fsp3) is 0.176. The lowest BCUT2D eigenvalue weighted by Crippen LogP contribution is -1.99. The Morgan fingerprint density at radius 2 is 1.96 bits per heavy atom. The van der Waals surface area contributed by atoms with E-state index in [0.29, 0.717) is 22.6 Å². The van der Waals surface area contributed by atoms with E-state index >= 15 is 0 Å². The van der Waals surface area contributed by atoms with Crippen LogP contribution in [-0.4, -0.2) is 27.3 Å². The summed E-state index contributed by atoms with van der Waals surface area (Å²) in [7, 11) is 1.56. The summed E-state index contributed by atoms with van der Waals surface area (Å²) in [5.74, 6) is 1.22. The van der Waals surface area contributed by atoms with Crippen LogP contribution in [-0.2, 0) is 13.2 Å². The van der Waals surface area contributed by atoms with Gasteiger partial charge in [-0.25, -0.2) is 9.97 Å². The summed E-state index contributed by atoms with van der Waals surface area (Å²) >= 11 is 0. The molecule has 0 aliphatic rings. The minimum Gasteiger partial charge on any atom is -0.496 e. The number of hydrogen-bond acceptors (Lipinski definition) is 6. The molecule has 0 unspecified atom stereocenters. The number of aliphatic hydroxyl groups is 2. The van der Waals surface area contributed by atoms with Crippen molar-refractivity contribution in [1.29, 1.82) is 0 Å². The molecule has 23 heavy (non-hydrogen) atoms. The van der Waals surface area contributed by atoms with Crippen molar-refractivity contribution in [3.05, 3.63) is 53.9 Å². The molecule has 2 aromatic carbocycles. The monoisotopic (exact) mass is 311 g/mol. The van der Waals surface area contributed by atoms with Crippen LogP contribution in [0.15, 0.2) is 42.7 Å². The molecule has 0 spiro atoms. The molecule has 0 bridgehead atoms. The first-order valence-electron chi connectivity index (χ1n) is 7.14. The van der Waals surface area contributed by atoms with E-state index in [-0.39, 0.29) is 13.2 Å². The Labute approximate surface area is 133 Å². The summed E-state index contributed by atoms with van der Waals surface area (Å²) in [6, 6.07) is 11.0. The average molecular weight is 311 g/mol. The molecule has 0 saturated carbocycles. The predicted octanol–water partition coefficient (Wildman–Crippen LogP) is 2.37. The van der Waals surface area contributed by atoms with Crippen LogP contribution < -0.4 is 10.1 Å². The molecule has 3 rings (SSSR count). The van der Waals surface area contributed by atoms with Crippen molar-refractivity contribution in [2.45, 2.75) is 13.2 Å². The number of aromatic nitrogens is 2. The van der Waals surface area contributed by atoms with Crippen molar-refractivity contribution in [3.63, 3.8) is 0 Å². The van der Waals surface area contributed by atoms with Crippen LogP contribution >= 0.6 is 0 Å². The molecule has 6 nitrogen and oxygen atoms in total. The second-order valence-electron chi connectivity index (χ2n) is 5.05. The molecule has 0 radical (unpaired) electrons. The van der Waals surface area contributed by atoms with Gasteiger partial charge < -0.3 is 20.3 Å². The van der Waals surface area contributed by atoms with E-state index in [1.807, 2.05) is 24.3 Å². The SMILES string of the molecule is COc1cc2c(Nc3cccc(CO)c3)ncnc2cc1CO. The standard InChI is InChI=1S/C17H17N3O3/c1-23-16-7-14-15(6-12(16)9-22)18-10-19-17(14)20-13-4-2-3-11(5-13)8-21/h2-7,10,21-22H,8-9H2,1H3,(H,18,19,20). The lowest BCUT2D eigenvalue weighted by Gasteiger charge is -2.12. The van der Waals surface area contributed by atoms with E-state index in [0.717, 1.165) is 16.6 Å². The highest BCUT2D eigenvalue weighted by molar-refractivity contribution is 5.92. The van der Waals surface area contributed by atoms with Gasteiger partial charge in [-0.2, -0.15) is 0 Å². The Kier molecular flexibility index (Phi) is 4.36. The minimum atomic E-state index is -0.121. The van der Waals surface area contributed by atoms with Crippen molar-refractivity contribution in [3.8, 4) is 5.75 Å². The lowest BCUT2D eigenvalue weighted by molar-refractivity contribution is 0.274. The fourth-order valence-electron chi connectivity index (χ4n) is 2.42. The van der Waals surface area contributed by atoms with E-state index in [9.17, 15) is 10.2 Å². The molecular weight excluding hydrogens is 294 g/mol. The third kappa shape index (κ3) is 3.08. The zero-order chi connectivity index (χ0) is 16.2. The van der Waals surface area contributed by atoms with Gasteiger partial charge in [-0.15, -0.1) is 0 Å². The Balaban J connectivity index is 2.06. The summed E-state index contributed by atoms with van der Waals surface area (Å²) in [5.41, 5.74) is 3.02. The first-order valence-corrected chi connectivity index (χ1v) is 7.14. The smallest absolute Gasteiger partial charge is 0.141 e. The van der Waals surface area contributed by atoms with E-state index in [1.54, 1.807) is 19.2 Å². The number of benzene rings is 2. The number of hydrogen-bond donors (Lipinski definition) is 3. The Morgan fingerprint density at radius 1 is 1.09 bits per heavy atom. The highest BCUT2D eigenvalue weighted by atomic mass is 16.5. The molecule has 3 N–H and O–H groups in total. The third-order valence-electron chi connectivity index (χ3n) is 3.58. The highest BCUT2D eigenvalue weighted by Gasteiger charge is 2.10. The molecule has 1 aromatic heterocycles. The van der Waals surface area contributed by atoms with E-state index in [1.165, 1.54) is 6.33 Å². The quantitative estimate of drug-likeness (QED) is 0.670. The van der Waals surface area contributed by atoms with Crippen molar-refractivity contribution < 1.29 is 14.9 Å². The predicted molar refractivity (Wildman–Crippen MR) is 87.7 cm³/mol. The number of rotatable bonds is 5. The van der Waals surface area contributed by atoms with Crippen molar-refractivity contribution in [2.24, 2.45) is 0 Å². The van der Waals surface area contributed by atoms with Gasteiger partial charge in [0.25, 0.3) is 0 Å². The van der Waals surface area contributed by atoms with Crippen LogP contribution in [0, 0.1) is 0 Å². The van der Waals surface area contributed by atoms with Gasteiger partial charge in [-0.05, 0) is 29.8 Å². The highest BCUT2D eigenvalue weighted by Crippen LogP contribution is 2.30. The van der Waals surface area contributed by atoms with Crippen LogP contribution in [0.1, 0.15) is 11.1 Å². The van der Waals surface area contributed by atoms with Gasteiger partial charge in [-0.3, -0.25) is 0 Å². The lowest BCUT2D eigenvalue weighted by atomic mass is 10.1. The number of methoxy groups -OCH3 is 1. The molecule has 0 saturated heterocycles. The first kappa shape index (κ1) is 15.2. The molecule has 0 fully saturated rings. The third-order valence-corrected chi connectivity index (χ3v) is 3.58. The van der Waals surface area contributed by atoms with E-state index in [2.05, 4.69) is 15.3 Å². The molecule has 0 aliphatic heterocycles. The second kappa shape index (κ2) is 6.60. The Hall–Kier alpha value is -2.70. The zero-order valence-corrected chi connectivity index (χ0v) is 12.7. The number of ether oxygens (including phenoxy) is 1. The van der Waals surface area contributed by atoms with Crippen LogP contribution in [0.4, 0.5) is 11.5 Å². The number of nitrogens with one attached hydrogen (secondary N) is 1. The Bertz CT molecular complexity index is 836. The van der Waals surface area contributed by atoms with E-state index < -0.39 is 0 Å². The van der Waals surface area contributed by atoms with Gasteiger partial charge in [0.1, 0.15) is 17.9 Å². The topological polar surface area (TPSA) is 87.5 Å². The minimum absolute atomic E-state index is 0.0201. The fourth-order valence-corrected chi connectivity index (χ4v) is 2.42.